The summed E-state index contributed by atoms with van der Waals surface area (Å²) in [5.74, 6) is -0.159. The van der Waals surface area contributed by atoms with Crippen LogP contribution in [0.2, 0.25) is 10.2 Å². The molecule has 0 saturated carbocycles. The number of hydrogen-bond donors (Lipinski definition) is 1. The Balaban J connectivity index is 3.04. The fraction of sp³-hybridized carbons (Fsp3) is 0. The molecule has 8 heteroatoms. The maximum absolute atomic E-state index is 10.5. The summed E-state index contributed by atoms with van der Waals surface area (Å²) in [7, 11) is -4.08. The first-order valence-electron chi connectivity index (χ1n) is 2.92. The summed E-state index contributed by atoms with van der Waals surface area (Å²) < 4.78 is 25.2. The largest absolute Gasteiger partial charge is 0.380 e. The van der Waals surface area contributed by atoms with Crippen LogP contribution in [0.15, 0.2) is 12.3 Å². The van der Waals surface area contributed by atoms with E-state index in [1.807, 2.05) is 0 Å². The van der Waals surface area contributed by atoms with Crippen LogP contribution in [0.25, 0.3) is 0 Å². The maximum atomic E-state index is 10.5. The molecule has 0 unspecified atom stereocenters. The van der Waals surface area contributed by atoms with Gasteiger partial charge in [-0.25, -0.2) is 4.98 Å². The van der Waals surface area contributed by atoms with Gasteiger partial charge in [-0.1, -0.05) is 23.2 Å². The highest BCUT2D eigenvalue weighted by Gasteiger charge is 2.09. The summed E-state index contributed by atoms with van der Waals surface area (Å²) in [5, 5.41) is 4.76. The average molecular weight is 243 g/mol. The summed E-state index contributed by atoms with van der Waals surface area (Å²) in [6.07, 6.45) is 1.06. The molecule has 13 heavy (non-hydrogen) atoms. The molecule has 0 aliphatic rings. The first-order chi connectivity index (χ1) is 5.88. The smallest absolute Gasteiger partial charge is 0.368 e. The quantitative estimate of drug-likeness (QED) is 0.784. The van der Waals surface area contributed by atoms with Crippen molar-refractivity contribution < 1.29 is 12.6 Å². The topological polar surface area (TPSA) is 82.3 Å². The molecule has 5 nitrogen and oxygen atoms in total. The molecule has 0 aromatic carbocycles. The van der Waals surface area contributed by atoms with Gasteiger partial charge in [-0.15, -0.1) is 0 Å². The van der Waals surface area contributed by atoms with Gasteiger partial charge in [-0.05, 0) is 6.07 Å². The zero-order valence-corrected chi connectivity index (χ0v) is 8.40. The van der Waals surface area contributed by atoms with E-state index in [1.165, 1.54) is 6.07 Å². The predicted molar refractivity (Wildman–Crippen MR) is 48.0 cm³/mol. The van der Waals surface area contributed by atoms with Crippen LogP contribution >= 0.6 is 23.2 Å². The molecule has 1 aromatic heterocycles. The number of aromatic nitrogens is 1. The molecule has 0 fully saturated rings. The van der Waals surface area contributed by atoms with Gasteiger partial charge in [0.15, 0.2) is 5.75 Å². The Morgan fingerprint density at radius 2 is 2.08 bits per heavy atom. The molecule has 0 bridgehead atoms. The molecule has 0 spiro atoms. The highest BCUT2D eigenvalue weighted by atomic mass is 35.5. The van der Waals surface area contributed by atoms with Gasteiger partial charge < -0.3 is 4.18 Å². The Bertz CT molecular complexity index is 420. The van der Waals surface area contributed by atoms with E-state index in [1.54, 1.807) is 0 Å². The average Bonchev–Trinajstić information content (AvgIpc) is 1.93. The van der Waals surface area contributed by atoms with Crippen LogP contribution in [-0.2, 0) is 10.3 Å². The summed E-state index contributed by atoms with van der Waals surface area (Å²) in [6, 6.07) is 1.24. The van der Waals surface area contributed by atoms with E-state index < -0.39 is 10.3 Å². The monoisotopic (exact) mass is 242 g/mol. The molecule has 0 radical (unpaired) electrons. The van der Waals surface area contributed by atoms with E-state index in [4.69, 9.17) is 23.2 Å². The molecule has 1 rings (SSSR count). The number of hydrogen-bond acceptors (Lipinski definition) is 4. The van der Waals surface area contributed by atoms with Crippen molar-refractivity contribution in [1.82, 2.24) is 4.98 Å². The lowest BCUT2D eigenvalue weighted by atomic mass is 10.5. The van der Waals surface area contributed by atoms with Gasteiger partial charge in [0, 0.05) is 0 Å². The van der Waals surface area contributed by atoms with Crippen molar-refractivity contribution in [3.63, 3.8) is 0 Å². The maximum Gasteiger partial charge on any atom is 0.380 e. The van der Waals surface area contributed by atoms with Crippen molar-refractivity contribution in [1.29, 1.82) is 0 Å². The molecule has 0 atom stereocenters. The van der Waals surface area contributed by atoms with Crippen LogP contribution in [0.3, 0.4) is 0 Å². The van der Waals surface area contributed by atoms with Crippen LogP contribution in [-0.4, -0.2) is 13.4 Å². The fourth-order valence-electron chi connectivity index (χ4n) is 0.581. The first-order valence-corrected chi connectivity index (χ1v) is 5.14. The van der Waals surface area contributed by atoms with Gasteiger partial charge in [0.1, 0.15) is 5.15 Å². The van der Waals surface area contributed by atoms with Crippen molar-refractivity contribution in [3.8, 4) is 5.75 Å². The van der Waals surface area contributed by atoms with Crippen LogP contribution in [0, 0.1) is 0 Å². The van der Waals surface area contributed by atoms with Gasteiger partial charge in [-0.2, -0.15) is 13.6 Å². The molecular formula is C5H4Cl2N2O3S. The Kier molecular flexibility index (Phi) is 2.97. The van der Waals surface area contributed by atoms with Gasteiger partial charge in [0.05, 0.1) is 11.2 Å². The molecule has 2 N–H and O–H groups in total. The van der Waals surface area contributed by atoms with Crippen molar-refractivity contribution >= 4 is 33.5 Å². The van der Waals surface area contributed by atoms with Crippen molar-refractivity contribution in [3.05, 3.63) is 22.4 Å². The summed E-state index contributed by atoms with van der Waals surface area (Å²) in [5.41, 5.74) is 0. The second kappa shape index (κ2) is 3.67. The third-order valence-corrected chi connectivity index (χ3v) is 1.91. The van der Waals surface area contributed by atoms with Gasteiger partial charge in [-0.3, -0.25) is 0 Å². The summed E-state index contributed by atoms with van der Waals surface area (Å²) in [4.78, 5) is 3.56. The summed E-state index contributed by atoms with van der Waals surface area (Å²) in [6.45, 7) is 0. The minimum atomic E-state index is -4.08. The lowest BCUT2D eigenvalue weighted by Crippen LogP contribution is -2.19. The zero-order valence-electron chi connectivity index (χ0n) is 6.07. The fourth-order valence-corrected chi connectivity index (χ4v) is 1.41. The van der Waals surface area contributed by atoms with E-state index in [0.29, 0.717) is 0 Å². The molecule has 1 heterocycles. The van der Waals surface area contributed by atoms with E-state index in [2.05, 4.69) is 14.3 Å². The lowest BCUT2D eigenvalue weighted by molar-refractivity contribution is 0.486. The van der Waals surface area contributed by atoms with Crippen LogP contribution in [0.4, 0.5) is 0 Å². The second-order valence-corrected chi connectivity index (χ2v) is 3.96. The van der Waals surface area contributed by atoms with Crippen molar-refractivity contribution in [2.75, 3.05) is 0 Å². The van der Waals surface area contributed by atoms with Gasteiger partial charge in [0.25, 0.3) is 0 Å². The van der Waals surface area contributed by atoms with Crippen LogP contribution < -0.4 is 9.32 Å². The number of rotatable bonds is 2. The number of pyridine rings is 1. The first kappa shape index (κ1) is 10.5. The number of nitrogens with zero attached hydrogens (tertiary/aromatic N) is 1. The van der Waals surface area contributed by atoms with Gasteiger partial charge in [0.2, 0.25) is 0 Å². The number of halogens is 2. The number of nitrogens with two attached hydrogens (primary N) is 1. The lowest BCUT2D eigenvalue weighted by Gasteiger charge is -2.03. The van der Waals surface area contributed by atoms with Crippen LogP contribution in [0.5, 0.6) is 5.75 Å². The van der Waals surface area contributed by atoms with E-state index in [-0.39, 0.29) is 15.9 Å². The minimum absolute atomic E-state index is 0.0222. The Morgan fingerprint density at radius 3 is 2.54 bits per heavy atom. The molecular weight excluding hydrogens is 239 g/mol. The Hall–Kier alpha value is -0.560. The predicted octanol–water partition coefficient (Wildman–Crippen LogP) is 0.971. The van der Waals surface area contributed by atoms with Crippen molar-refractivity contribution in [2.45, 2.75) is 0 Å². The highest BCUT2D eigenvalue weighted by molar-refractivity contribution is 7.84. The molecule has 1 aromatic rings. The molecule has 0 amide bonds. The second-order valence-electron chi connectivity index (χ2n) is 2.01. The SMILES string of the molecule is NS(=O)(=O)Oc1cnc(Cl)cc1Cl. The molecule has 0 aliphatic carbocycles. The van der Waals surface area contributed by atoms with E-state index >= 15 is 0 Å². The Morgan fingerprint density at radius 1 is 1.46 bits per heavy atom. The highest BCUT2D eigenvalue weighted by Crippen LogP contribution is 2.25. The normalized spacial score (nSPS) is 11.3. The summed E-state index contributed by atoms with van der Waals surface area (Å²) >= 11 is 11.0. The van der Waals surface area contributed by atoms with Gasteiger partial charge >= 0.3 is 10.3 Å². The van der Waals surface area contributed by atoms with Crippen LogP contribution in [0.1, 0.15) is 0 Å². The zero-order chi connectivity index (χ0) is 10.1. The Labute approximate surface area is 84.7 Å². The molecule has 72 valence electrons. The third-order valence-electron chi connectivity index (χ3n) is 0.992. The molecule has 0 saturated heterocycles. The molecule has 0 aliphatic heterocycles. The minimum Gasteiger partial charge on any atom is -0.368 e. The van der Waals surface area contributed by atoms with E-state index in [9.17, 15) is 8.42 Å². The van der Waals surface area contributed by atoms with Crippen molar-refractivity contribution in [2.24, 2.45) is 5.14 Å². The van der Waals surface area contributed by atoms with E-state index in [0.717, 1.165) is 6.20 Å². The third kappa shape index (κ3) is 3.35. The standard InChI is InChI=1S/C5H4Cl2N2O3S/c6-3-1-5(7)9-2-4(3)12-13(8,10)11/h1-2H,(H2,8,10,11).